The van der Waals surface area contributed by atoms with Crippen molar-refractivity contribution in [3.05, 3.63) is 35.7 Å². The Hall–Kier alpha value is -1.52. The normalized spacial score (nSPS) is 19.9. The maximum atomic E-state index is 9.42. The first-order valence-corrected chi connectivity index (χ1v) is 4.40. The van der Waals surface area contributed by atoms with E-state index in [1.54, 1.807) is 0 Å². The Kier molecular flexibility index (Phi) is 1.53. The highest BCUT2D eigenvalue weighted by atomic mass is 16.6. The van der Waals surface area contributed by atoms with E-state index in [0.29, 0.717) is 12.3 Å². The minimum Gasteiger partial charge on any atom is -0.363 e. The third-order valence-electron chi connectivity index (χ3n) is 2.29. The van der Waals surface area contributed by atoms with Crippen molar-refractivity contribution < 1.29 is 9.84 Å². The van der Waals surface area contributed by atoms with Gasteiger partial charge in [0, 0.05) is 0 Å². The van der Waals surface area contributed by atoms with Crippen LogP contribution in [0.3, 0.4) is 0 Å². The van der Waals surface area contributed by atoms with Crippen LogP contribution < -0.4 is 0 Å². The van der Waals surface area contributed by atoms with Gasteiger partial charge in [-0.1, -0.05) is 12.1 Å². The van der Waals surface area contributed by atoms with Crippen molar-refractivity contribution in [2.45, 2.75) is 12.9 Å². The molecule has 70 valence electrons. The number of rotatable bonds is 0. The van der Waals surface area contributed by atoms with Gasteiger partial charge in [-0.2, -0.15) is 0 Å². The summed E-state index contributed by atoms with van der Waals surface area (Å²) in [7, 11) is 0. The fraction of sp³-hybridized carbons (Fsp3) is 0.200. The highest BCUT2D eigenvalue weighted by molar-refractivity contribution is 5.74. The van der Waals surface area contributed by atoms with E-state index in [9.17, 15) is 5.11 Å². The van der Waals surface area contributed by atoms with Gasteiger partial charge < -0.3 is 9.84 Å². The molecule has 4 nitrogen and oxygen atoms in total. The standard InChI is InChI=1S/C10H8N2O2/c13-10-9-8(5-14-10)11-6-3-1-2-4-7(6)12-9/h1-4,10,13H,5H2. The molecule has 0 saturated carbocycles. The Balaban J connectivity index is 2.33. The average molecular weight is 188 g/mol. The van der Waals surface area contributed by atoms with Crippen LogP contribution in [-0.4, -0.2) is 15.1 Å². The summed E-state index contributed by atoms with van der Waals surface area (Å²) >= 11 is 0. The lowest BCUT2D eigenvalue weighted by Crippen LogP contribution is -1.98. The molecule has 1 unspecified atom stereocenters. The molecule has 1 aromatic heterocycles. The molecule has 1 N–H and O–H groups in total. The van der Waals surface area contributed by atoms with Crippen molar-refractivity contribution in [1.82, 2.24) is 9.97 Å². The van der Waals surface area contributed by atoms with E-state index in [-0.39, 0.29) is 0 Å². The molecule has 0 radical (unpaired) electrons. The van der Waals surface area contributed by atoms with Gasteiger partial charge in [-0.3, -0.25) is 0 Å². The van der Waals surface area contributed by atoms with E-state index < -0.39 is 6.29 Å². The van der Waals surface area contributed by atoms with E-state index >= 15 is 0 Å². The monoisotopic (exact) mass is 188 g/mol. The number of ether oxygens (including phenoxy) is 1. The van der Waals surface area contributed by atoms with Crippen LogP contribution in [0, 0.1) is 0 Å². The first-order chi connectivity index (χ1) is 6.84. The lowest BCUT2D eigenvalue weighted by molar-refractivity contribution is -0.0939. The van der Waals surface area contributed by atoms with Crippen molar-refractivity contribution in [3.8, 4) is 0 Å². The maximum Gasteiger partial charge on any atom is 0.200 e. The van der Waals surface area contributed by atoms with Crippen molar-refractivity contribution in [1.29, 1.82) is 0 Å². The zero-order valence-electron chi connectivity index (χ0n) is 7.34. The third kappa shape index (κ3) is 1.01. The molecular formula is C10H8N2O2. The molecule has 0 amide bonds. The number of aromatic nitrogens is 2. The largest absolute Gasteiger partial charge is 0.363 e. The second kappa shape index (κ2) is 2.73. The van der Waals surface area contributed by atoms with Crippen molar-refractivity contribution in [2.75, 3.05) is 0 Å². The van der Waals surface area contributed by atoms with Gasteiger partial charge in [0.2, 0.25) is 6.29 Å². The fourth-order valence-electron chi connectivity index (χ4n) is 1.59. The highest BCUT2D eigenvalue weighted by Gasteiger charge is 2.24. The molecular weight excluding hydrogens is 180 g/mol. The quantitative estimate of drug-likeness (QED) is 0.673. The molecule has 4 heteroatoms. The minimum absolute atomic E-state index is 0.342. The number of hydrogen-bond donors (Lipinski definition) is 1. The van der Waals surface area contributed by atoms with Crippen LogP contribution in [0.5, 0.6) is 0 Å². The van der Waals surface area contributed by atoms with Crippen LogP contribution >= 0.6 is 0 Å². The summed E-state index contributed by atoms with van der Waals surface area (Å²) in [5, 5.41) is 9.42. The van der Waals surface area contributed by atoms with E-state index in [0.717, 1.165) is 16.7 Å². The van der Waals surface area contributed by atoms with Crippen LogP contribution in [0.25, 0.3) is 11.0 Å². The molecule has 1 aliphatic rings. The molecule has 0 saturated heterocycles. The Morgan fingerprint density at radius 2 is 1.93 bits per heavy atom. The molecule has 0 bridgehead atoms. The summed E-state index contributed by atoms with van der Waals surface area (Å²) in [5.41, 5.74) is 2.90. The van der Waals surface area contributed by atoms with Crippen LogP contribution in [0.2, 0.25) is 0 Å². The molecule has 2 aromatic rings. The number of fused-ring (bicyclic) bond motifs is 2. The van der Waals surface area contributed by atoms with Crippen molar-refractivity contribution in [2.24, 2.45) is 0 Å². The van der Waals surface area contributed by atoms with Gasteiger partial charge in [-0.15, -0.1) is 0 Å². The summed E-state index contributed by atoms with van der Waals surface area (Å²) in [4.78, 5) is 8.66. The van der Waals surface area contributed by atoms with Crippen LogP contribution in [-0.2, 0) is 11.3 Å². The zero-order valence-corrected chi connectivity index (χ0v) is 7.34. The van der Waals surface area contributed by atoms with Crippen molar-refractivity contribution in [3.63, 3.8) is 0 Å². The van der Waals surface area contributed by atoms with Gasteiger partial charge in [0.25, 0.3) is 0 Å². The number of nitrogens with zero attached hydrogens (tertiary/aromatic N) is 2. The molecule has 1 aliphatic heterocycles. The van der Waals surface area contributed by atoms with Gasteiger partial charge in [-0.05, 0) is 12.1 Å². The molecule has 0 fully saturated rings. The topological polar surface area (TPSA) is 55.2 Å². The number of benzene rings is 1. The molecule has 2 heterocycles. The average Bonchev–Trinajstić information content (AvgIpc) is 2.57. The summed E-state index contributed by atoms with van der Waals surface area (Å²) in [5.74, 6) is 0. The van der Waals surface area contributed by atoms with Gasteiger partial charge in [0.15, 0.2) is 0 Å². The minimum atomic E-state index is -0.915. The van der Waals surface area contributed by atoms with Crippen LogP contribution in [0.15, 0.2) is 24.3 Å². The maximum absolute atomic E-state index is 9.42. The smallest absolute Gasteiger partial charge is 0.200 e. The lowest BCUT2D eigenvalue weighted by atomic mass is 10.2. The summed E-state index contributed by atoms with van der Waals surface area (Å²) < 4.78 is 5.03. The second-order valence-corrected chi connectivity index (χ2v) is 3.21. The molecule has 3 rings (SSSR count). The van der Waals surface area contributed by atoms with Crippen LogP contribution in [0.4, 0.5) is 0 Å². The molecule has 0 aliphatic carbocycles. The van der Waals surface area contributed by atoms with E-state index in [1.807, 2.05) is 24.3 Å². The Bertz CT molecular complexity index is 498. The van der Waals surface area contributed by atoms with Crippen LogP contribution in [0.1, 0.15) is 17.7 Å². The Morgan fingerprint density at radius 1 is 1.21 bits per heavy atom. The van der Waals surface area contributed by atoms with Gasteiger partial charge in [0.05, 0.1) is 23.3 Å². The third-order valence-corrected chi connectivity index (χ3v) is 2.29. The summed E-state index contributed by atoms with van der Waals surface area (Å²) in [6, 6.07) is 7.57. The van der Waals surface area contributed by atoms with Gasteiger partial charge in [-0.25, -0.2) is 9.97 Å². The first kappa shape index (κ1) is 7.84. The van der Waals surface area contributed by atoms with Gasteiger partial charge in [0.1, 0.15) is 5.69 Å². The molecule has 0 spiro atoms. The number of aliphatic hydroxyl groups is 1. The molecule has 14 heavy (non-hydrogen) atoms. The van der Waals surface area contributed by atoms with E-state index in [4.69, 9.17) is 4.74 Å². The summed E-state index contributed by atoms with van der Waals surface area (Å²) in [6.45, 7) is 0.342. The predicted molar refractivity (Wildman–Crippen MR) is 49.3 cm³/mol. The second-order valence-electron chi connectivity index (χ2n) is 3.21. The zero-order chi connectivity index (χ0) is 9.54. The lowest BCUT2D eigenvalue weighted by Gasteiger charge is -2.02. The number of aliphatic hydroxyl groups excluding tert-OH is 1. The predicted octanol–water partition coefficient (Wildman–Crippen LogP) is 1.15. The SMILES string of the molecule is OC1OCc2nc3ccccc3nc21. The van der Waals surface area contributed by atoms with E-state index in [2.05, 4.69) is 9.97 Å². The highest BCUT2D eigenvalue weighted by Crippen LogP contribution is 2.26. The summed E-state index contributed by atoms with van der Waals surface area (Å²) in [6.07, 6.45) is -0.915. The molecule has 1 atom stereocenters. The Labute approximate surface area is 80.2 Å². The Morgan fingerprint density at radius 3 is 2.71 bits per heavy atom. The number of para-hydroxylation sites is 2. The fourth-order valence-corrected chi connectivity index (χ4v) is 1.59. The van der Waals surface area contributed by atoms with Crippen molar-refractivity contribution >= 4 is 11.0 Å². The first-order valence-electron chi connectivity index (χ1n) is 4.40. The number of hydrogen-bond acceptors (Lipinski definition) is 4. The molecule has 1 aromatic carbocycles. The van der Waals surface area contributed by atoms with E-state index in [1.165, 1.54) is 0 Å². The van der Waals surface area contributed by atoms with Gasteiger partial charge >= 0.3 is 0 Å².